The first-order valence-corrected chi connectivity index (χ1v) is 12.9. The maximum Gasteiger partial charge on any atom is 0.252 e. The molecule has 2 N–H and O–H groups in total. The van der Waals surface area contributed by atoms with Gasteiger partial charge in [0.05, 0.1) is 39.6 Å². The lowest BCUT2D eigenvalue weighted by Gasteiger charge is -2.46. The number of amides is 1. The van der Waals surface area contributed by atoms with E-state index in [-0.39, 0.29) is 22.8 Å². The quantitative estimate of drug-likeness (QED) is 0.309. The highest BCUT2D eigenvalue weighted by Crippen LogP contribution is 2.45. The lowest BCUT2D eigenvalue weighted by molar-refractivity contribution is -0.125. The number of likely N-dealkylation sites (N-methyl/N-ethyl adjacent to an activating group) is 1. The van der Waals surface area contributed by atoms with Crippen LogP contribution < -0.4 is 15.0 Å². The summed E-state index contributed by atoms with van der Waals surface area (Å²) in [6, 6.07) is 14.4. The Morgan fingerprint density at radius 2 is 1.97 bits per heavy atom. The number of H-pyrrole nitrogens is 1. The van der Waals surface area contributed by atoms with Gasteiger partial charge in [0.15, 0.2) is 5.78 Å². The predicted molar refractivity (Wildman–Crippen MR) is 147 cm³/mol. The molecule has 2 atom stereocenters. The van der Waals surface area contributed by atoms with E-state index in [2.05, 4.69) is 15.3 Å². The van der Waals surface area contributed by atoms with Crippen LogP contribution in [0.2, 0.25) is 5.02 Å². The highest BCUT2D eigenvalue weighted by atomic mass is 35.5. The number of benzene rings is 2. The zero-order chi connectivity index (χ0) is 26.4. The molecule has 4 aromatic rings. The molecule has 9 heteroatoms. The number of rotatable bonds is 5. The molecule has 1 amide bonds. The van der Waals surface area contributed by atoms with Gasteiger partial charge in [-0.15, -0.1) is 0 Å². The summed E-state index contributed by atoms with van der Waals surface area (Å²) in [7, 11) is 3.43. The summed E-state index contributed by atoms with van der Waals surface area (Å²) in [6.45, 7) is 0. The van der Waals surface area contributed by atoms with Crippen LogP contribution in [0.3, 0.4) is 0 Å². The third-order valence-electron chi connectivity index (χ3n) is 7.57. The fraction of sp³-hybridized carbons (Fsp3) is 0.276. The number of ether oxygens (including phenoxy) is 2. The van der Waals surface area contributed by atoms with E-state index in [1.165, 1.54) is 0 Å². The molecule has 194 valence electrons. The van der Waals surface area contributed by atoms with Crippen molar-refractivity contribution in [2.45, 2.75) is 37.3 Å². The molecule has 1 aliphatic carbocycles. The molecule has 1 saturated carbocycles. The van der Waals surface area contributed by atoms with Gasteiger partial charge in [-0.1, -0.05) is 29.8 Å². The van der Waals surface area contributed by atoms with Gasteiger partial charge in [-0.25, -0.2) is 4.98 Å². The van der Waals surface area contributed by atoms with Crippen molar-refractivity contribution in [2.24, 2.45) is 0 Å². The van der Waals surface area contributed by atoms with Crippen molar-refractivity contribution in [1.82, 2.24) is 9.97 Å². The second-order valence-electron chi connectivity index (χ2n) is 9.86. The molecule has 38 heavy (non-hydrogen) atoms. The summed E-state index contributed by atoms with van der Waals surface area (Å²) in [5.41, 5.74) is 1.85. The third-order valence-corrected chi connectivity index (χ3v) is 7.88. The van der Waals surface area contributed by atoms with E-state index in [9.17, 15) is 9.59 Å². The molecule has 2 aromatic heterocycles. The zero-order valence-electron chi connectivity index (χ0n) is 21.1. The minimum Gasteiger partial charge on any atom is -0.457 e. The molecule has 3 heterocycles. The number of carbonyl (C=O) groups excluding carboxylic acids is 2. The molecule has 0 bridgehead atoms. The Hall–Kier alpha value is -3.88. The van der Waals surface area contributed by atoms with Crippen molar-refractivity contribution in [1.29, 1.82) is 0 Å². The van der Waals surface area contributed by atoms with Crippen LogP contribution in [-0.4, -0.2) is 47.5 Å². The average Bonchev–Trinajstić information content (AvgIpc) is 3.37. The Balaban J connectivity index is 1.39. The van der Waals surface area contributed by atoms with Crippen LogP contribution in [0, 0.1) is 0 Å². The van der Waals surface area contributed by atoms with Crippen LogP contribution in [0.4, 0.5) is 11.4 Å². The molecule has 0 saturated heterocycles. The molecule has 6 rings (SSSR count). The fourth-order valence-corrected chi connectivity index (χ4v) is 5.87. The highest BCUT2D eigenvalue weighted by molar-refractivity contribution is 6.36. The highest BCUT2D eigenvalue weighted by Gasteiger charge is 2.48. The normalized spacial score (nSPS) is 20.9. The molecule has 1 fully saturated rings. The van der Waals surface area contributed by atoms with Crippen LogP contribution in [0.1, 0.15) is 41.6 Å². The van der Waals surface area contributed by atoms with Crippen molar-refractivity contribution in [3.63, 3.8) is 0 Å². The Labute approximate surface area is 224 Å². The Bertz CT molecular complexity index is 1550. The number of ketones is 1. The van der Waals surface area contributed by atoms with E-state index in [0.717, 1.165) is 12.8 Å². The van der Waals surface area contributed by atoms with Crippen molar-refractivity contribution in [2.75, 3.05) is 24.4 Å². The van der Waals surface area contributed by atoms with Crippen molar-refractivity contribution in [3.8, 4) is 11.5 Å². The van der Waals surface area contributed by atoms with Gasteiger partial charge in [0.25, 0.3) is 5.91 Å². The monoisotopic (exact) mass is 530 g/mol. The van der Waals surface area contributed by atoms with Crippen LogP contribution >= 0.6 is 11.6 Å². The number of methoxy groups -OCH3 is 1. The summed E-state index contributed by atoms with van der Waals surface area (Å²) < 4.78 is 11.5. The standard InChI is InChI=1S/C29H27ClN4O4/c1-34-23-16-32-27-24(25(23)33-29(28(34)36)12-6-9-19(14-29)37-2)21(15-31-27)26(35)20-11-10-18(13-22(20)30)38-17-7-4-3-5-8-17/h3-5,7-8,10-11,13,15-16,19,33H,6,9,12,14H2,1-2H3,(H,31,32). The summed E-state index contributed by atoms with van der Waals surface area (Å²) in [6.07, 6.45) is 6.29. The Morgan fingerprint density at radius 1 is 1.16 bits per heavy atom. The average molecular weight is 531 g/mol. The first kappa shape index (κ1) is 24.5. The number of para-hydroxylation sites is 1. The number of aromatic amines is 1. The lowest BCUT2D eigenvalue weighted by Crippen LogP contribution is -2.59. The number of halogens is 1. The molecule has 1 spiro atoms. The van der Waals surface area contributed by atoms with Gasteiger partial charge < -0.3 is 24.7 Å². The number of nitrogens with zero attached hydrogens (tertiary/aromatic N) is 2. The van der Waals surface area contributed by atoms with E-state index in [0.29, 0.717) is 57.9 Å². The second kappa shape index (κ2) is 9.45. The number of aromatic nitrogens is 2. The van der Waals surface area contributed by atoms with Gasteiger partial charge in [0, 0.05) is 38.4 Å². The predicted octanol–water partition coefficient (Wildman–Crippen LogP) is 5.96. The topological polar surface area (TPSA) is 96.5 Å². The Kier molecular flexibility index (Phi) is 6.08. The SMILES string of the molecule is COC1CCCC2(C1)Nc1c(cnc3[nH]cc(C(=O)c4ccc(Oc5ccccc5)cc4Cl)c13)N(C)C2=O. The molecule has 8 nitrogen and oxygen atoms in total. The molecular weight excluding hydrogens is 504 g/mol. The van der Waals surface area contributed by atoms with Gasteiger partial charge in [0.2, 0.25) is 0 Å². The molecule has 0 radical (unpaired) electrons. The van der Waals surface area contributed by atoms with Crippen molar-refractivity contribution < 1.29 is 19.1 Å². The molecule has 2 unspecified atom stereocenters. The van der Waals surface area contributed by atoms with E-state index in [1.54, 1.807) is 49.7 Å². The van der Waals surface area contributed by atoms with Gasteiger partial charge in [-0.05, 0) is 43.5 Å². The molecule has 2 aromatic carbocycles. The van der Waals surface area contributed by atoms with E-state index in [4.69, 9.17) is 21.1 Å². The number of anilines is 2. The van der Waals surface area contributed by atoms with Crippen molar-refractivity contribution >= 4 is 45.7 Å². The smallest absolute Gasteiger partial charge is 0.252 e. The van der Waals surface area contributed by atoms with Crippen LogP contribution in [0.15, 0.2) is 60.9 Å². The maximum absolute atomic E-state index is 13.8. The van der Waals surface area contributed by atoms with Crippen LogP contribution in [0.25, 0.3) is 11.0 Å². The first-order valence-electron chi connectivity index (χ1n) is 12.6. The van der Waals surface area contributed by atoms with Gasteiger partial charge in [-0.2, -0.15) is 0 Å². The number of fused-ring (bicyclic) bond motifs is 3. The zero-order valence-corrected chi connectivity index (χ0v) is 21.8. The van der Waals surface area contributed by atoms with E-state index < -0.39 is 5.54 Å². The minimum absolute atomic E-state index is 0.0183. The number of pyridine rings is 1. The number of hydrogen-bond donors (Lipinski definition) is 2. The van der Waals surface area contributed by atoms with Gasteiger partial charge in [-0.3, -0.25) is 9.59 Å². The van der Waals surface area contributed by atoms with Crippen molar-refractivity contribution in [3.05, 3.63) is 77.1 Å². The van der Waals surface area contributed by atoms with Crippen LogP contribution in [0.5, 0.6) is 11.5 Å². The second-order valence-corrected chi connectivity index (χ2v) is 10.3. The molecule has 2 aliphatic rings. The molecule has 1 aliphatic heterocycles. The van der Waals surface area contributed by atoms with Gasteiger partial charge >= 0.3 is 0 Å². The minimum atomic E-state index is -0.805. The summed E-state index contributed by atoms with van der Waals surface area (Å²) >= 11 is 6.58. The maximum atomic E-state index is 13.8. The third kappa shape index (κ3) is 4.01. The first-order chi connectivity index (χ1) is 18.4. The number of hydrogen-bond acceptors (Lipinski definition) is 6. The Morgan fingerprint density at radius 3 is 2.74 bits per heavy atom. The fourth-order valence-electron chi connectivity index (χ4n) is 5.62. The van der Waals surface area contributed by atoms with E-state index >= 15 is 0 Å². The largest absolute Gasteiger partial charge is 0.457 e. The molecular formula is C29H27ClN4O4. The number of nitrogens with one attached hydrogen (secondary N) is 2. The number of carbonyl (C=O) groups is 2. The summed E-state index contributed by atoms with van der Waals surface area (Å²) in [4.78, 5) is 36.6. The summed E-state index contributed by atoms with van der Waals surface area (Å²) in [5, 5.41) is 4.46. The van der Waals surface area contributed by atoms with Crippen LogP contribution in [-0.2, 0) is 9.53 Å². The van der Waals surface area contributed by atoms with E-state index in [1.807, 2.05) is 30.3 Å². The summed E-state index contributed by atoms with van der Waals surface area (Å²) in [5.74, 6) is 0.934. The lowest BCUT2D eigenvalue weighted by atomic mass is 9.77. The van der Waals surface area contributed by atoms with Gasteiger partial charge in [0.1, 0.15) is 22.7 Å².